The molecule has 0 unspecified atom stereocenters. The molecule has 0 saturated carbocycles. The van der Waals surface area contributed by atoms with Crippen molar-refractivity contribution in [3.63, 3.8) is 0 Å². The van der Waals surface area contributed by atoms with Crippen LogP contribution in [0.3, 0.4) is 0 Å². The molecule has 10 aromatic rings. The molecule has 0 amide bonds. The summed E-state index contributed by atoms with van der Waals surface area (Å²) in [6, 6.07) is 89.1. The van der Waals surface area contributed by atoms with E-state index in [4.69, 9.17) is 0 Å². The first-order chi connectivity index (χ1) is 33.3. The van der Waals surface area contributed by atoms with Crippen LogP contribution in [0.2, 0.25) is 0 Å². The topological polar surface area (TPSA) is 6.48 Å². The molecule has 0 atom stereocenters. The Morgan fingerprint density at radius 2 is 0.559 bits per heavy atom. The molecule has 326 valence electrons. The molecule has 0 fully saturated rings. The van der Waals surface area contributed by atoms with Crippen LogP contribution in [0, 0.1) is 0 Å². The Bertz CT molecular complexity index is 3270. The summed E-state index contributed by atoms with van der Waals surface area (Å²) in [5.41, 5.74) is 24.4. The van der Waals surface area contributed by atoms with Gasteiger partial charge in [-0.05, 0) is 146 Å². The molecule has 0 radical (unpaired) electrons. The highest BCUT2D eigenvalue weighted by atomic mass is 15.2. The molecule has 2 nitrogen and oxygen atoms in total. The number of hydrogen-bond acceptors (Lipinski definition) is 2. The van der Waals surface area contributed by atoms with Crippen molar-refractivity contribution >= 4 is 34.1 Å². The standard InChI is InChI=1S/C66H52N2/c1-65(2)57-28-16-14-26-55(57)63-59(65)30-18-32-61(63)67(51-22-10-6-11-23-51)53-38-34-46(35-39-53)49-42-48(45-20-8-5-9-21-45)43-50(44-49)47-36-40-54(41-37-47)68(52-24-12-7-13-25-52)62-33-19-31-60-64(62)56-27-15-17-29-58(56)66(60,3)4/h5-44H,1-4H3. The SMILES string of the molecule is CC1(C)c2ccccc2-c2c(N(c3ccccc3)c3ccc(-c4cc(-c5ccccc5)cc(-c5ccc(N(c6ccccc6)c6cccc7c6-c6ccccc6C7(C)C)cc5)c4)cc3)cccc21. The Kier molecular flexibility index (Phi) is 9.88. The summed E-state index contributed by atoms with van der Waals surface area (Å²) in [6.07, 6.45) is 0. The Hall–Kier alpha value is -8.20. The van der Waals surface area contributed by atoms with E-state index in [0.717, 1.165) is 22.7 Å². The van der Waals surface area contributed by atoms with Crippen LogP contribution < -0.4 is 9.80 Å². The van der Waals surface area contributed by atoms with Crippen LogP contribution in [0.5, 0.6) is 0 Å². The lowest BCUT2D eigenvalue weighted by Crippen LogP contribution is -2.16. The highest BCUT2D eigenvalue weighted by Gasteiger charge is 2.39. The largest absolute Gasteiger partial charge is 0.310 e. The minimum Gasteiger partial charge on any atom is -0.310 e. The lowest BCUT2D eigenvalue weighted by molar-refractivity contribution is 0.660. The quantitative estimate of drug-likeness (QED) is 0.143. The second kappa shape index (κ2) is 16.3. The van der Waals surface area contributed by atoms with E-state index in [9.17, 15) is 0 Å². The first-order valence-corrected chi connectivity index (χ1v) is 23.8. The van der Waals surface area contributed by atoms with Crippen molar-refractivity contribution in [1.82, 2.24) is 0 Å². The zero-order valence-electron chi connectivity index (χ0n) is 39.0. The van der Waals surface area contributed by atoms with Gasteiger partial charge in [-0.3, -0.25) is 0 Å². The predicted octanol–water partition coefficient (Wildman–Crippen LogP) is 18.2. The normalized spacial score (nSPS) is 13.5. The third-order valence-corrected chi connectivity index (χ3v) is 14.6. The van der Waals surface area contributed by atoms with Crippen LogP contribution >= 0.6 is 0 Å². The van der Waals surface area contributed by atoms with Crippen LogP contribution in [0.25, 0.3) is 55.6 Å². The molecular weight excluding hydrogens is 821 g/mol. The molecule has 2 aliphatic rings. The molecule has 0 heterocycles. The van der Waals surface area contributed by atoms with Gasteiger partial charge in [-0.15, -0.1) is 0 Å². The van der Waals surface area contributed by atoms with E-state index >= 15 is 0 Å². The van der Waals surface area contributed by atoms with Crippen molar-refractivity contribution in [2.75, 3.05) is 9.80 Å². The highest BCUT2D eigenvalue weighted by molar-refractivity contribution is 5.97. The van der Waals surface area contributed by atoms with Crippen LogP contribution in [-0.4, -0.2) is 0 Å². The average Bonchev–Trinajstić information content (AvgIpc) is 3.78. The summed E-state index contributed by atoms with van der Waals surface area (Å²) in [4.78, 5) is 4.85. The summed E-state index contributed by atoms with van der Waals surface area (Å²) in [6.45, 7) is 9.40. The number of anilines is 6. The van der Waals surface area contributed by atoms with Crippen molar-refractivity contribution in [3.05, 3.63) is 265 Å². The zero-order chi connectivity index (χ0) is 46.0. The van der Waals surface area contributed by atoms with Gasteiger partial charge in [0, 0.05) is 44.7 Å². The Labute approximate surface area is 401 Å². The molecule has 10 aromatic carbocycles. The molecule has 12 rings (SSSR count). The molecule has 0 aliphatic heterocycles. The fourth-order valence-corrected chi connectivity index (χ4v) is 11.2. The van der Waals surface area contributed by atoms with Gasteiger partial charge < -0.3 is 9.80 Å². The molecule has 0 aromatic heterocycles. The third kappa shape index (κ3) is 6.78. The van der Waals surface area contributed by atoms with Crippen molar-refractivity contribution in [2.45, 2.75) is 38.5 Å². The summed E-state index contributed by atoms with van der Waals surface area (Å²) in [5, 5.41) is 0. The van der Waals surface area contributed by atoms with Gasteiger partial charge in [-0.2, -0.15) is 0 Å². The van der Waals surface area contributed by atoms with Gasteiger partial charge in [0.15, 0.2) is 0 Å². The first-order valence-electron chi connectivity index (χ1n) is 23.8. The Morgan fingerprint density at radius 3 is 0.956 bits per heavy atom. The number of nitrogens with zero attached hydrogens (tertiary/aromatic N) is 2. The van der Waals surface area contributed by atoms with E-state index in [-0.39, 0.29) is 10.8 Å². The fourth-order valence-electron chi connectivity index (χ4n) is 11.2. The molecular formula is C66H52N2. The predicted molar refractivity (Wildman–Crippen MR) is 287 cm³/mol. The molecule has 0 bridgehead atoms. The van der Waals surface area contributed by atoms with E-state index < -0.39 is 0 Å². The van der Waals surface area contributed by atoms with Gasteiger partial charge in [0.05, 0.1) is 11.4 Å². The molecule has 0 saturated heterocycles. The smallest absolute Gasteiger partial charge is 0.0543 e. The Balaban J connectivity index is 0.945. The molecule has 2 aliphatic carbocycles. The summed E-state index contributed by atoms with van der Waals surface area (Å²) >= 11 is 0. The van der Waals surface area contributed by atoms with Crippen molar-refractivity contribution in [2.24, 2.45) is 0 Å². The molecule has 68 heavy (non-hydrogen) atoms. The third-order valence-electron chi connectivity index (χ3n) is 14.6. The van der Waals surface area contributed by atoms with Gasteiger partial charge in [-0.1, -0.05) is 191 Å². The minimum atomic E-state index is -0.0938. The maximum absolute atomic E-state index is 2.43. The molecule has 2 heteroatoms. The summed E-state index contributed by atoms with van der Waals surface area (Å²) in [7, 11) is 0. The first kappa shape index (κ1) is 41.2. The average molecular weight is 873 g/mol. The van der Waals surface area contributed by atoms with Crippen molar-refractivity contribution in [3.8, 4) is 55.6 Å². The number of benzene rings is 10. The van der Waals surface area contributed by atoms with E-state index in [0.29, 0.717) is 0 Å². The second-order valence-electron chi connectivity index (χ2n) is 19.3. The van der Waals surface area contributed by atoms with Crippen LogP contribution in [-0.2, 0) is 10.8 Å². The fraction of sp³-hybridized carbons (Fsp3) is 0.0909. The minimum absolute atomic E-state index is 0.0938. The van der Waals surface area contributed by atoms with Crippen molar-refractivity contribution in [1.29, 1.82) is 0 Å². The number of rotatable bonds is 9. The summed E-state index contributed by atoms with van der Waals surface area (Å²) < 4.78 is 0. The Morgan fingerprint density at radius 1 is 0.250 bits per heavy atom. The number of fused-ring (bicyclic) bond motifs is 6. The lowest BCUT2D eigenvalue weighted by atomic mass is 9.82. The lowest BCUT2D eigenvalue weighted by Gasteiger charge is -2.29. The van der Waals surface area contributed by atoms with Gasteiger partial charge >= 0.3 is 0 Å². The van der Waals surface area contributed by atoms with Gasteiger partial charge in [0.2, 0.25) is 0 Å². The van der Waals surface area contributed by atoms with Crippen LogP contribution in [0.4, 0.5) is 34.1 Å². The van der Waals surface area contributed by atoms with E-state index in [1.807, 2.05) is 0 Å². The number of hydrogen-bond donors (Lipinski definition) is 0. The van der Waals surface area contributed by atoms with Gasteiger partial charge in [0.1, 0.15) is 0 Å². The maximum atomic E-state index is 2.43. The monoisotopic (exact) mass is 872 g/mol. The van der Waals surface area contributed by atoms with Crippen molar-refractivity contribution < 1.29 is 0 Å². The highest BCUT2D eigenvalue weighted by Crippen LogP contribution is 2.56. The zero-order valence-corrected chi connectivity index (χ0v) is 39.0. The van der Waals surface area contributed by atoms with E-state index in [2.05, 4.69) is 280 Å². The summed E-state index contributed by atoms with van der Waals surface area (Å²) in [5.74, 6) is 0. The van der Waals surface area contributed by atoms with E-state index in [1.54, 1.807) is 0 Å². The van der Waals surface area contributed by atoms with E-state index in [1.165, 1.54) is 89.3 Å². The molecule has 0 spiro atoms. The molecule has 0 N–H and O–H groups in total. The maximum Gasteiger partial charge on any atom is 0.0543 e. The number of para-hydroxylation sites is 2. The van der Waals surface area contributed by atoms with Crippen LogP contribution in [0.15, 0.2) is 243 Å². The van der Waals surface area contributed by atoms with Gasteiger partial charge in [0.25, 0.3) is 0 Å². The second-order valence-corrected chi connectivity index (χ2v) is 19.3. The van der Waals surface area contributed by atoms with Crippen LogP contribution in [0.1, 0.15) is 49.9 Å². The van der Waals surface area contributed by atoms with Gasteiger partial charge in [-0.25, -0.2) is 0 Å².